The first-order valence-corrected chi connectivity index (χ1v) is 24.1. The molecule has 0 spiro atoms. The van der Waals surface area contributed by atoms with Crippen LogP contribution in [0.4, 0.5) is 0 Å². The monoisotopic (exact) mass is 807 g/mol. The molecule has 0 aliphatic carbocycles. The van der Waals surface area contributed by atoms with E-state index < -0.39 is 32.5 Å². The molecule has 8 nitrogen and oxygen atoms in total. The van der Waals surface area contributed by atoms with Crippen LogP contribution in [0, 0.1) is 0 Å². The van der Waals surface area contributed by atoms with Crippen LogP contribution in [0.5, 0.6) is 0 Å². The van der Waals surface area contributed by atoms with Crippen LogP contribution in [0.1, 0.15) is 206 Å². The van der Waals surface area contributed by atoms with E-state index in [4.69, 9.17) is 19.3 Å². The maximum Gasteiger partial charge on any atom is 0.469 e. The van der Waals surface area contributed by atoms with Crippen LogP contribution in [0.15, 0.2) is 60.8 Å². The van der Waals surface area contributed by atoms with Crippen molar-refractivity contribution in [1.82, 2.24) is 0 Å². The molecule has 0 saturated heterocycles. The summed E-state index contributed by atoms with van der Waals surface area (Å²) in [4.78, 5) is 42.8. The summed E-state index contributed by atoms with van der Waals surface area (Å²) in [6, 6.07) is 0. The Kier molecular flexibility index (Phi) is 40.7. The molecular weight excluding hydrogens is 723 g/mol. The zero-order valence-electron chi connectivity index (χ0n) is 35.8. The molecule has 56 heavy (non-hydrogen) atoms. The third kappa shape index (κ3) is 44.5. The molecule has 0 bridgehead atoms. The van der Waals surface area contributed by atoms with Gasteiger partial charge < -0.3 is 19.3 Å². The van der Waals surface area contributed by atoms with E-state index in [1.165, 1.54) is 128 Å². The molecule has 0 aliphatic heterocycles. The molecule has 2 N–H and O–H groups in total. The highest BCUT2D eigenvalue weighted by molar-refractivity contribution is 7.46. The molecular formula is C47H83O8P. The average molecular weight is 807 g/mol. The van der Waals surface area contributed by atoms with Crippen LogP contribution >= 0.6 is 7.82 Å². The maximum atomic E-state index is 12.3. The molecule has 324 valence electrons. The van der Waals surface area contributed by atoms with Crippen molar-refractivity contribution in [3.63, 3.8) is 0 Å². The quantitative estimate of drug-likeness (QED) is 0.0271. The first-order valence-electron chi connectivity index (χ1n) is 22.6. The number of phosphoric acid groups is 1. The van der Waals surface area contributed by atoms with Gasteiger partial charge in [0.1, 0.15) is 6.61 Å². The summed E-state index contributed by atoms with van der Waals surface area (Å²) in [6.45, 7) is 3.51. The SMILES string of the molecule is CC/C=C\C/C=C\C/C=C\C/C=C\C/C=C\CC(=O)OC(COC(=O)CCCCCCCCCCCCCCCCCCCCCCCCC)COP(=O)(O)O. The molecule has 0 aliphatic rings. The normalized spacial score (nSPS) is 13.0. The van der Waals surface area contributed by atoms with Gasteiger partial charge >= 0.3 is 19.8 Å². The van der Waals surface area contributed by atoms with E-state index in [0.29, 0.717) is 12.8 Å². The Balaban J connectivity index is 3.90. The van der Waals surface area contributed by atoms with Gasteiger partial charge in [0.15, 0.2) is 6.10 Å². The minimum absolute atomic E-state index is 0.0204. The van der Waals surface area contributed by atoms with Gasteiger partial charge in [-0.2, -0.15) is 0 Å². The van der Waals surface area contributed by atoms with Crippen molar-refractivity contribution in [3.05, 3.63) is 60.8 Å². The second-order valence-electron chi connectivity index (χ2n) is 15.0. The number of phosphoric ester groups is 1. The van der Waals surface area contributed by atoms with Crippen molar-refractivity contribution >= 4 is 19.8 Å². The Labute approximate surface area is 343 Å². The molecule has 0 saturated carbocycles. The molecule has 0 aromatic carbocycles. The van der Waals surface area contributed by atoms with Gasteiger partial charge in [-0.25, -0.2) is 4.57 Å². The number of hydrogen-bond acceptors (Lipinski definition) is 6. The minimum atomic E-state index is -4.78. The first kappa shape index (κ1) is 53.8. The van der Waals surface area contributed by atoms with Gasteiger partial charge in [0.05, 0.1) is 13.0 Å². The van der Waals surface area contributed by atoms with Crippen molar-refractivity contribution in [2.75, 3.05) is 13.2 Å². The van der Waals surface area contributed by atoms with Gasteiger partial charge in [-0.3, -0.25) is 14.1 Å². The summed E-state index contributed by atoms with van der Waals surface area (Å²) in [5, 5.41) is 0. The number of rotatable bonds is 41. The Morgan fingerprint density at radius 3 is 1.21 bits per heavy atom. The molecule has 0 radical (unpaired) electrons. The van der Waals surface area contributed by atoms with E-state index in [1.54, 1.807) is 6.08 Å². The van der Waals surface area contributed by atoms with Crippen molar-refractivity contribution in [1.29, 1.82) is 0 Å². The topological polar surface area (TPSA) is 119 Å². The van der Waals surface area contributed by atoms with Gasteiger partial charge in [0.2, 0.25) is 0 Å². The van der Waals surface area contributed by atoms with E-state index in [2.05, 4.69) is 60.9 Å². The largest absolute Gasteiger partial charge is 0.469 e. The van der Waals surface area contributed by atoms with Crippen LogP contribution in [0.2, 0.25) is 0 Å². The summed E-state index contributed by atoms with van der Waals surface area (Å²) in [6.07, 6.45) is 54.2. The van der Waals surface area contributed by atoms with Gasteiger partial charge in [0, 0.05) is 6.42 Å². The third-order valence-electron chi connectivity index (χ3n) is 9.58. The van der Waals surface area contributed by atoms with Gasteiger partial charge in [0.25, 0.3) is 0 Å². The summed E-state index contributed by atoms with van der Waals surface area (Å²) in [7, 11) is -4.78. The smallest absolute Gasteiger partial charge is 0.462 e. The Morgan fingerprint density at radius 2 is 0.839 bits per heavy atom. The van der Waals surface area contributed by atoms with E-state index >= 15 is 0 Å². The third-order valence-corrected chi connectivity index (χ3v) is 10.1. The predicted molar refractivity (Wildman–Crippen MR) is 234 cm³/mol. The highest BCUT2D eigenvalue weighted by atomic mass is 31.2. The molecule has 1 atom stereocenters. The Bertz CT molecular complexity index is 1090. The molecule has 0 aromatic heterocycles. The first-order chi connectivity index (χ1) is 27.3. The van der Waals surface area contributed by atoms with Gasteiger partial charge in [-0.1, -0.05) is 216 Å². The zero-order valence-corrected chi connectivity index (χ0v) is 36.7. The number of unbranched alkanes of at least 4 members (excludes halogenated alkanes) is 22. The van der Waals surface area contributed by atoms with Crippen molar-refractivity contribution in [3.8, 4) is 0 Å². The highest BCUT2D eigenvalue weighted by Gasteiger charge is 2.22. The van der Waals surface area contributed by atoms with Crippen molar-refractivity contribution in [2.45, 2.75) is 213 Å². The maximum absolute atomic E-state index is 12.3. The highest BCUT2D eigenvalue weighted by Crippen LogP contribution is 2.36. The molecule has 0 rings (SSSR count). The summed E-state index contributed by atoms with van der Waals surface area (Å²) >= 11 is 0. The van der Waals surface area contributed by atoms with E-state index in [1.807, 2.05) is 12.2 Å². The molecule has 0 fully saturated rings. The lowest BCUT2D eigenvalue weighted by atomic mass is 10.0. The van der Waals surface area contributed by atoms with E-state index in [0.717, 1.165) is 38.5 Å². The second-order valence-corrected chi connectivity index (χ2v) is 16.3. The van der Waals surface area contributed by atoms with E-state index in [9.17, 15) is 14.2 Å². The average Bonchev–Trinajstić information content (AvgIpc) is 3.17. The lowest BCUT2D eigenvalue weighted by molar-refractivity contribution is -0.160. The van der Waals surface area contributed by atoms with Crippen LogP contribution in [-0.4, -0.2) is 41.0 Å². The molecule has 0 aromatic rings. The lowest BCUT2D eigenvalue weighted by Crippen LogP contribution is -2.29. The Morgan fingerprint density at radius 1 is 0.482 bits per heavy atom. The summed E-state index contributed by atoms with van der Waals surface area (Å²) in [5.74, 6) is -1.03. The number of carbonyl (C=O) groups is 2. The zero-order chi connectivity index (χ0) is 41.1. The molecule has 0 heterocycles. The van der Waals surface area contributed by atoms with Gasteiger partial charge in [-0.05, 0) is 38.5 Å². The number of esters is 2. The molecule has 0 amide bonds. The number of ether oxygens (including phenoxy) is 2. The summed E-state index contributed by atoms with van der Waals surface area (Å²) < 4.78 is 26.3. The van der Waals surface area contributed by atoms with Crippen LogP contribution in [0.3, 0.4) is 0 Å². The standard InChI is InChI=1S/C47H83O8P/c1-3-5-7-9-11-13-15-17-19-20-21-22-23-24-25-26-28-29-31-33-35-37-39-41-46(48)53-43-45(44-54-56(50,51)52)55-47(49)42-40-38-36-34-32-30-27-18-16-14-12-10-8-6-4-2/h6,8,12,14,18,27,32,34,38,40,45H,3-5,7,9-11,13,15-17,19-26,28-31,33,35-37,39,41-44H2,1-2H3,(H2,50,51,52)/b8-6-,14-12-,27-18-,34-32-,40-38-. The minimum Gasteiger partial charge on any atom is -0.462 e. The predicted octanol–water partition coefficient (Wildman–Crippen LogP) is 14.1. The van der Waals surface area contributed by atoms with Crippen LogP contribution in [0.25, 0.3) is 0 Å². The fourth-order valence-electron chi connectivity index (χ4n) is 6.27. The fraction of sp³-hybridized carbons (Fsp3) is 0.745. The summed E-state index contributed by atoms with van der Waals surface area (Å²) in [5.41, 5.74) is 0. The molecule has 9 heteroatoms. The van der Waals surface area contributed by atoms with Crippen molar-refractivity contribution in [2.24, 2.45) is 0 Å². The van der Waals surface area contributed by atoms with Crippen LogP contribution in [-0.2, 0) is 28.2 Å². The second kappa shape index (κ2) is 42.4. The van der Waals surface area contributed by atoms with Crippen LogP contribution < -0.4 is 0 Å². The van der Waals surface area contributed by atoms with E-state index in [-0.39, 0.29) is 19.4 Å². The van der Waals surface area contributed by atoms with Gasteiger partial charge in [-0.15, -0.1) is 0 Å². The number of allylic oxidation sites excluding steroid dienone is 9. The Hall–Kier alpha value is -2.25. The lowest BCUT2D eigenvalue weighted by Gasteiger charge is -2.18. The fourth-order valence-corrected chi connectivity index (χ4v) is 6.63. The number of hydrogen-bond donors (Lipinski definition) is 2. The van der Waals surface area contributed by atoms with Crippen molar-refractivity contribution < 1.29 is 37.9 Å². The molecule has 1 unspecified atom stereocenters. The number of carbonyl (C=O) groups excluding carboxylic acids is 2.